The maximum atomic E-state index is 13.2. The molecule has 3 aromatic rings. The van der Waals surface area contributed by atoms with E-state index < -0.39 is 5.91 Å². The molecule has 154 valence electrons. The first kappa shape index (κ1) is 20.2. The lowest BCUT2D eigenvalue weighted by atomic mass is 10.1. The van der Waals surface area contributed by atoms with Gasteiger partial charge in [0, 0.05) is 30.1 Å². The molecule has 0 spiro atoms. The Labute approximate surface area is 180 Å². The molecule has 6 nitrogen and oxygen atoms in total. The van der Waals surface area contributed by atoms with Gasteiger partial charge in [0.05, 0.1) is 23.1 Å². The summed E-state index contributed by atoms with van der Waals surface area (Å²) in [7, 11) is 1.75. The minimum absolute atomic E-state index is 0.106. The van der Waals surface area contributed by atoms with Gasteiger partial charge >= 0.3 is 0 Å². The lowest BCUT2D eigenvalue weighted by molar-refractivity contribution is 0.0784. The van der Waals surface area contributed by atoms with Crippen LogP contribution in [0, 0.1) is 6.92 Å². The van der Waals surface area contributed by atoms with Crippen molar-refractivity contribution in [2.24, 2.45) is 5.73 Å². The molecular weight excluding hydrogens is 400 g/mol. The van der Waals surface area contributed by atoms with Crippen LogP contribution in [0.5, 0.6) is 0 Å². The maximum absolute atomic E-state index is 13.2. The van der Waals surface area contributed by atoms with Gasteiger partial charge < -0.3 is 10.6 Å². The van der Waals surface area contributed by atoms with Crippen LogP contribution in [-0.4, -0.2) is 33.5 Å². The average molecular weight is 423 g/mol. The quantitative estimate of drug-likeness (QED) is 0.649. The SMILES string of the molecule is Cc1ccc(-n2ncc(C(=O)N(C)Cc3cccc(C(N)=O)c3)c2C2CC2)cc1Cl. The molecule has 0 saturated heterocycles. The number of benzene rings is 2. The molecule has 1 aliphatic rings. The van der Waals surface area contributed by atoms with Gasteiger partial charge in [-0.05, 0) is 55.2 Å². The molecule has 0 atom stereocenters. The van der Waals surface area contributed by atoms with E-state index in [1.165, 1.54) is 0 Å². The largest absolute Gasteiger partial charge is 0.366 e. The maximum Gasteiger partial charge on any atom is 0.257 e. The number of rotatable bonds is 6. The molecule has 1 fully saturated rings. The fourth-order valence-corrected chi connectivity index (χ4v) is 3.74. The van der Waals surface area contributed by atoms with Crippen LogP contribution < -0.4 is 5.73 Å². The highest BCUT2D eigenvalue weighted by Gasteiger charge is 2.33. The molecule has 1 aromatic heterocycles. The van der Waals surface area contributed by atoms with Crippen LogP contribution in [0.4, 0.5) is 0 Å². The summed E-state index contributed by atoms with van der Waals surface area (Å²) in [5.41, 5.74) is 10.0. The van der Waals surface area contributed by atoms with E-state index in [1.54, 1.807) is 36.3 Å². The number of amides is 2. The zero-order valence-electron chi connectivity index (χ0n) is 16.9. The Morgan fingerprint density at radius 1 is 1.23 bits per heavy atom. The van der Waals surface area contributed by atoms with Crippen molar-refractivity contribution in [3.63, 3.8) is 0 Å². The molecule has 1 heterocycles. The Kier molecular flexibility index (Phi) is 5.35. The second-order valence-electron chi connectivity index (χ2n) is 7.79. The van der Waals surface area contributed by atoms with Crippen molar-refractivity contribution in [2.75, 3.05) is 7.05 Å². The Morgan fingerprint density at radius 3 is 2.67 bits per heavy atom. The lowest BCUT2D eigenvalue weighted by Crippen LogP contribution is -2.27. The summed E-state index contributed by atoms with van der Waals surface area (Å²) in [6.07, 6.45) is 3.71. The van der Waals surface area contributed by atoms with E-state index in [4.69, 9.17) is 17.3 Å². The summed E-state index contributed by atoms with van der Waals surface area (Å²) < 4.78 is 1.83. The molecule has 7 heteroatoms. The molecule has 0 unspecified atom stereocenters. The van der Waals surface area contributed by atoms with E-state index >= 15 is 0 Å². The van der Waals surface area contributed by atoms with Gasteiger partial charge in [-0.2, -0.15) is 5.10 Å². The van der Waals surface area contributed by atoms with Crippen LogP contribution in [0.15, 0.2) is 48.7 Å². The topological polar surface area (TPSA) is 81.2 Å². The standard InChI is InChI=1S/C23H23ClN4O2/c1-14-6-9-18(11-20(14)24)28-21(16-7-8-16)19(12-26-28)23(30)27(2)13-15-4-3-5-17(10-15)22(25)29/h3-6,9-12,16H,7-8,13H2,1-2H3,(H2,25,29). The van der Waals surface area contributed by atoms with Gasteiger partial charge in [-0.15, -0.1) is 0 Å². The fourth-order valence-electron chi connectivity index (χ4n) is 3.57. The van der Waals surface area contributed by atoms with Crippen LogP contribution >= 0.6 is 11.6 Å². The monoisotopic (exact) mass is 422 g/mol. The normalized spacial score (nSPS) is 13.3. The van der Waals surface area contributed by atoms with Gasteiger partial charge in [0.15, 0.2) is 0 Å². The predicted molar refractivity (Wildman–Crippen MR) is 116 cm³/mol. The predicted octanol–water partition coefficient (Wildman–Crippen LogP) is 4.08. The molecule has 0 radical (unpaired) electrons. The summed E-state index contributed by atoms with van der Waals surface area (Å²) in [6.45, 7) is 2.32. The van der Waals surface area contributed by atoms with Gasteiger partial charge in [0.25, 0.3) is 5.91 Å². The van der Waals surface area contributed by atoms with Crippen molar-refractivity contribution in [1.29, 1.82) is 0 Å². The van der Waals surface area contributed by atoms with E-state index in [0.717, 1.165) is 35.3 Å². The Morgan fingerprint density at radius 2 is 2.00 bits per heavy atom. The molecule has 4 rings (SSSR count). The molecule has 2 amide bonds. The molecule has 2 aromatic carbocycles. The summed E-state index contributed by atoms with van der Waals surface area (Å²) in [5, 5.41) is 5.19. The number of halogens is 1. The lowest BCUT2D eigenvalue weighted by Gasteiger charge is -2.18. The molecule has 30 heavy (non-hydrogen) atoms. The highest BCUT2D eigenvalue weighted by Crippen LogP contribution is 2.43. The first-order valence-corrected chi connectivity index (χ1v) is 10.2. The minimum Gasteiger partial charge on any atom is -0.366 e. The zero-order valence-corrected chi connectivity index (χ0v) is 17.7. The Balaban J connectivity index is 1.63. The van der Waals surface area contributed by atoms with Crippen LogP contribution in [0.25, 0.3) is 5.69 Å². The fraction of sp³-hybridized carbons (Fsp3) is 0.261. The number of aryl methyl sites for hydroxylation is 1. The highest BCUT2D eigenvalue weighted by atomic mass is 35.5. The smallest absolute Gasteiger partial charge is 0.257 e. The number of hydrogen-bond donors (Lipinski definition) is 1. The van der Waals surface area contributed by atoms with Gasteiger partial charge in [0.2, 0.25) is 5.91 Å². The van der Waals surface area contributed by atoms with Crippen LogP contribution in [0.1, 0.15) is 56.3 Å². The van der Waals surface area contributed by atoms with Crippen LogP contribution in [0.2, 0.25) is 5.02 Å². The van der Waals surface area contributed by atoms with E-state index in [-0.39, 0.29) is 5.91 Å². The number of primary amides is 1. The first-order chi connectivity index (χ1) is 14.3. The van der Waals surface area contributed by atoms with Gasteiger partial charge in [-0.1, -0.05) is 29.8 Å². The second-order valence-corrected chi connectivity index (χ2v) is 8.20. The van der Waals surface area contributed by atoms with Gasteiger partial charge in [-0.3, -0.25) is 9.59 Å². The Hall–Kier alpha value is -3.12. The summed E-state index contributed by atoms with van der Waals surface area (Å²) in [6, 6.07) is 12.8. The number of hydrogen-bond acceptors (Lipinski definition) is 3. The average Bonchev–Trinajstić information content (AvgIpc) is 3.47. The van der Waals surface area contributed by atoms with Crippen molar-refractivity contribution in [1.82, 2.24) is 14.7 Å². The summed E-state index contributed by atoms with van der Waals surface area (Å²) >= 11 is 6.31. The van der Waals surface area contributed by atoms with Gasteiger partial charge in [-0.25, -0.2) is 4.68 Å². The summed E-state index contributed by atoms with van der Waals surface area (Å²) in [4.78, 5) is 26.3. The highest BCUT2D eigenvalue weighted by molar-refractivity contribution is 6.31. The van der Waals surface area contributed by atoms with Crippen molar-refractivity contribution < 1.29 is 9.59 Å². The number of nitrogens with zero attached hydrogens (tertiary/aromatic N) is 3. The molecule has 0 aliphatic heterocycles. The molecule has 2 N–H and O–H groups in total. The number of nitrogens with two attached hydrogens (primary N) is 1. The molecule has 1 saturated carbocycles. The third-order valence-electron chi connectivity index (χ3n) is 5.38. The van der Waals surface area contributed by atoms with Crippen molar-refractivity contribution >= 4 is 23.4 Å². The third kappa shape index (κ3) is 3.96. The zero-order chi connectivity index (χ0) is 21.4. The molecular formula is C23H23ClN4O2. The molecule has 1 aliphatic carbocycles. The minimum atomic E-state index is -0.486. The van der Waals surface area contributed by atoms with E-state index in [0.29, 0.717) is 28.6 Å². The second kappa shape index (κ2) is 7.95. The number of aromatic nitrogens is 2. The Bertz CT molecular complexity index is 1130. The number of carbonyl (C=O) groups excluding carboxylic acids is 2. The van der Waals surface area contributed by atoms with E-state index in [1.807, 2.05) is 35.9 Å². The summed E-state index contributed by atoms with van der Waals surface area (Å²) in [5.74, 6) is -0.274. The number of carbonyl (C=O) groups is 2. The first-order valence-electron chi connectivity index (χ1n) is 9.84. The van der Waals surface area contributed by atoms with E-state index in [2.05, 4.69) is 5.10 Å². The van der Waals surface area contributed by atoms with Crippen molar-refractivity contribution in [2.45, 2.75) is 32.2 Å². The van der Waals surface area contributed by atoms with Crippen LogP contribution in [-0.2, 0) is 6.54 Å². The third-order valence-corrected chi connectivity index (χ3v) is 5.79. The van der Waals surface area contributed by atoms with Crippen LogP contribution in [0.3, 0.4) is 0 Å². The van der Waals surface area contributed by atoms with Gasteiger partial charge in [0.1, 0.15) is 0 Å². The molecule has 0 bridgehead atoms. The van der Waals surface area contributed by atoms with Crippen molar-refractivity contribution in [3.8, 4) is 5.69 Å². The van der Waals surface area contributed by atoms with Crippen molar-refractivity contribution in [3.05, 3.63) is 81.6 Å². The van der Waals surface area contributed by atoms with E-state index in [9.17, 15) is 9.59 Å².